The molecule has 1 aromatic rings. The minimum atomic E-state index is -0.487. The highest BCUT2D eigenvalue weighted by Gasteiger charge is 2.32. The van der Waals surface area contributed by atoms with E-state index in [1.54, 1.807) is 13.0 Å². The molecule has 0 spiro atoms. The van der Waals surface area contributed by atoms with Gasteiger partial charge in [0.15, 0.2) is 0 Å². The first kappa shape index (κ1) is 15.1. The van der Waals surface area contributed by atoms with Crippen LogP contribution in [0.2, 0.25) is 0 Å². The first-order valence-electron chi connectivity index (χ1n) is 7.34. The predicted molar refractivity (Wildman–Crippen MR) is 82.2 cm³/mol. The maximum atomic E-state index is 13.9. The Bertz CT molecular complexity index is 610. The number of carbonyl (C=O) groups is 2. The number of piperazine rings is 1. The van der Waals surface area contributed by atoms with E-state index in [4.69, 9.17) is 0 Å². The molecule has 5 nitrogen and oxygen atoms in total. The van der Waals surface area contributed by atoms with Gasteiger partial charge in [0, 0.05) is 23.7 Å². The molecule has 0 unspecified atom stereocenters. The lowest BCUT2D eigenvalue weighted by Gasteiger charge is -2.35. The van der Waals surface area contributed by atoms with Gasteiger partial charge in [-0.1, -0.05) is 12.1 Å². The largest absolute Gasteiger partial charge is 0.353 e. The summed E-state index contributed by atoms with van der Waals surface area (Å²) in [6.45, 7) is 2.65. The molecule has 0 aromatic heterocycles. The third kappa shape index (κ3) is 2.77. The Morgan fingerprint density at radius 3 is 3.14 bits per heavy atom. The molecule has 2 aliphatic rings. The zero-order chi connectivity index (χ0) is 15.7. The van der Waals surface area contributed by atoms with Crippen LogP contribution in [0.5, 0.6) is 0 Å². The highest BCUT2D eigenvalue weighted by atomic mass is 32.2. The quantitative estimate of drug-likeness (QED) is 0.830. The Labute approximate surface area is 132 Å². The van der Waals surface area contributed by atoms with Gasteiger partial charge < -0.3 is 15.5 Å². The first-order valence-corrected chi connectivity index (χ1v) is 8.32. The smallest absolute Gasteiger partial charge is 0.318 e. The van der Waals surface area contributed by atoms with Gasteiger partial charge in [-0.15, -0.1) is 11.8 Å². The standard InChI is InChI=1S/C15H18FN3O2S/c1-9-14(20)17-6-7-19(9)15(21)18-12-5-8-22-13-10(12)3-2-4-11(13)16/h2-4,9,12H,5-8H2,1H3,(H,17,20)(H,18,21)/t9-,12-/m1/s1. The van der Waals surface area contributed by atoms with Gasteiger partial charge >= 0.3 is 6.03 Å². The monoisotopic (exact) mass is 323 g/mol. The van der Waals surface area contributed by atoms with Crippen LogP contribution < -0.4 is 10.6 Å². The number of thioether (sulfide) groups is 1. The SMILES string of the molecule is C[C@@H]1C(=O)NCCN1C(=O)N[C@@H]1CCSc2c(F)cccc21. The molecule has 3 rings (SSSR count). The summed E-state index contributed by atoms with van der Waals surface area (Å²) in [7, 11) is 0. The van der Waals surface area contributed by atoms with E-state index in [0.29, 0.717) is 18.0 Å². The Hall–Kier alpha value is -1.76. The van der Waals surface area contributed by atoms with Crippen molar-refractivity contribution in [2.45, 2.75) is 30.3 Å². The molecule has 118 valence electrons. The summed E-state index contributed by atoms with van der Waals surface area (Å²) in [6, 6.07) is 3.98. The van der Waals surface area contributed by atoms with Crippen LogP contribution in [0.25, 0.3) is 0 Å². The molecule has 1 aromatic carbocycles. The van der Waals surface area contributed by atoms with Gasteiger partial charge in [-0.25, -0.2) is 9.18 Å². The number of nitrogens with one attached hydrogen (secondary N) is 2. The first-order chi connectivity index (χ1) is 10.6. The van der Waals surface area contributed by atoms with Crippen LogP contribution in [0.1, 0.15) is 24.9 Å². The lowest BCUT2D eigenvalue weighted by Crippen LogP contribution is -2.58. The lowest BCUT2D eigenvalue weighted by molar-refractivity contribution is -0.126. The van der Waals surface area contributed by atoms with Crippen molar-refractivity contribution in [3.05, 3.63) is 29.6 Å². The van der Waals surface area contributed by atoms with Crippen LogP contribution in [0.3, 0.4) is 0 Å². The molecule has 2 heterocycles. The maximum Gasteiger partial charge on any atom is 0.318 e. The van der Waals surface area contributed by atoms with Gasteiger partial charge in [0.2, 0.25) is 5.91 Å². The van der Waals surface area contributed by atoms with Gasteiger partial charge in [-0.05, 0) is 25.0 Å². The van der Waals surface area contributed by atoms with Crippen molar-refractivity contribution >= 4 is 23.7 Å². The van der Waals surface area contributed by atoms with Crippen molar-refractivity contribution in [3.8, 4) is 0 Å². The third-order valence-electron chi connectivity index (χ3n) is 4.08. The number of urea groups is 1. The van der Waals surface area contributed by atoms with Crippen LogP contribution >= 0.6 is 11.8 Å². The highest BCUT2D eigenvalue weighted by Crippen LogP contribution is 2.37. The summed E-state index contributed by atoms with van der Waals surface area (Å²) in [5.41, 5.74) is 0.818. The number of nitrogens with zero attached hydrogens (tertiary/aromatic N) is 1. The average molecular weight is 323 g/mol. The van der Waals surface area contributed by atoms with Crippen molar-refractivity contribution in [1.29, 1.82) is 0 Å². The number of halogens is 1. The van der Waals surface area contributed by atoms with Crippen LogP contribution in [0.15, 0.2) is 23.1 Å². The number of carbonyl (C=O) groups excluding carboxylic acids is 2. The number of rotatable bonds is 1. The number of fused-ring (bicyclic) bond motifs is 1. The normalized spacial score (nSPS) is 24.5. The van der Waals surface area contributed by atoms with Crippen LogP contribution in [0.4, 0.5) is 9.18 Å². The molecule has 2 aliphatic heterocycles. The fourth-order valence-electron chi connectivity index (χ4n) is 2.83. The van der Waals surface area contributed by atoms with Crippen molar-refractivity contribution in [1.82, 2.24) is 15.5 Å². The maximum absolute atomic E-state index is 13.9. The molecular weight excluding hydrogens is 305 g/mol. The second-order valence-corrected chi connectivity index (χ2v) is 6.56. The predicted octanol–water partition coefficient (Wildman–Crippen LogP) is 1.89. The molecule has 1 fully saturated rings. The second kappa shape index (κ2) is 6.16. The Kier molecular flexibility index (Phi) is 4.24. The zero-order valence-electron chi connectivity index (χ0n) is 12.3. The average Bonchev–Trinajstić information content (AvgIpc) is 2.51. The Morgan fingerprint density at radius 2 is 2.32 bits per heavy atom. The Morgan fingerprint density at radius 1 is 1.50 bits per heavy atom. The molecule has 0 aliphatic carbocycles. The van der Waals surface area contributed by atoms with E-state index < -0.39 is 6.04 Å². The van der Waals surface area contributed by atoms with Crippen molar-refractivity contribution in [2.24, 2.45) is 0 Å². The molecule has 7 heteroatoms. The fourth-order valence-corrected chi connectivity index (χ4v) is 3.97. The van der Waals surface area contributed by atoms with Gasteiger partial charge in [0.1, 0.15) is 11.9 Å². The van der Waals surface area contributed by atoms with E-state index in [9.17, 15) is 14.0 Å². The number of benzene rings is 1. The molecule has 0 radical (unpaired) electrons. The zero-order valence-corrected chi connectivity index (χ0v) is 13.1. The van der Waals surface area contributed by atoms with E-state index in [2.05, 4.69) is 10.6 Å². The minimum Gasteiger partial charge on any atom is -0.353 e. The number of hydrogen-bond acceptors (Lipinski definition) is 3. The minimum absolute atomic E-state index is 0.146. The summed E-state index contributed by atoms with van der Waals surface area (Å²) in [4.78, 5) is 26.3. The molecule has 0 bridgehead atoms. The molecule has 22 heavy (non-hydrogen) atoms. The van der Waals surface area contributed by atoms with Gasteiger partial charge in [-0.2, -0.15) is 0 Å². The van der Waals surface area contributed by atoms with E-state index in [-0.39, 0.29) is 23.8 Å². The van der Waals surface area contributed by atoms with Crippen molar-refractivity contribution < 1.29 is 14.0 Å². The highest BCUT2D eigenvalue weighted by molar-refractivity contribution is 7.99. The molecule has 3 amide bonds. The van der Waals surface area contributed by atoms with Crippen LogP contribution in [-0.2, 0) is 4.79 Å². The third-order valence-corrected chi connectivity index (χ3v) is 5.24. The summed E-state index contributed by atoms with van der Waals surface area (Å²) in [5, 5.41) is 5.68. The van der Waals surface area contributed by atoms with Crippen LogP contribution in [-0.4, -0.2) is 41.7 Å². The summed E-state index contributed by atoms with van der Waals surface area (Å²) in [6.07, 6.45) is 0.751. The van der Waals surface area contributed by atoms with E-state index in [1.165, 1.54) is 22.7 Å². The molecule has 2 atom stereocenters. The topological polar surface area (TPSA) is 61.4 Å². The van der Waals surface area contributed by atoms with E-state index in [0.717, 1.165) is 17.7 Å². The van der Waals surface area contributed by atoms with Crippen molar-refractivity contribution in [3.63, 3.8) is 0 Å². The van der Waals surface area contributed by atoms with Gasteiger partial charge in [-0.3, -0.25) is 4.79 Å². The van der Waals surface area contributed by atoms with Gasteiger partial charge in [0.25, 0.3) is 0 Å². The van der Waals surface area contributed by atoms with Crippen LogP contribution in [0, 0.1) is 5.82 Å². The molecule has 1 saturated heterocycles. The number of amides is 3. The summed E-state index contributed by atoms with van der Waals surface area (Å²) in [5.74, 6) is 0.369. The van der Waals surface area contributed by atoms with E-state index in [1.807, 2.05) is 6.07 Å². The second-order valence-electron chi connectivity index (χ2n) is 5.46. The fraction of sp³-hybridized carbons (Fsp3) is 0.467. The molecule has 0 saturated carbocycles. The molecule has 2 N–H and O–H groups in total. The van der Waals surface area contributed by atoms with Gasteiger partial charge in [0.05, 0.1) is 6.04 Å². The lowest BCUT2D eigenvalue weighted by atomic mass is 10.0. The summed E-state index contributed by atoms with van der Waals surface area (Å²) >= 11 is 1.48. The van der Waals surface area contributed by atoms with E-state index >= 15 is 0 Å². The number of hydrogen-bond donors (Lipinski definition) is 2. The summed E-state index contributed by atoms with van der Waals surface area (Å²) < 4.78 is 13.9. The van der Waals surface area contributed by atoms with Crippen molar-refractivity contribution in [2.75, 3.05) is 18.8 Å². The molecular formula is C15H18FN3O2S. The Balaban J connectivity index is 1.76.